The van der Waals surface area contributed by atoms with Crippen molar-refractivity contribution in [1.82, 2.24) is 9.55 Å². The SMILES string of the molecule is COCCCOc1cc2c(nc1OC)-c1cc(=O)c(C(=O)O)cn1CC2. The molecule has 0 saturated heterocycles. The van der Waals surface area contributed by atoms with E-state index in [0.29, 0.717) is 49.2 Å². The minimum absolute atomic E-state index is 0.248. The number of carboxylic acids is 1. The molecule has 0 aromatic carbocycles. The van der Waals surface area contributed by atoms with Gasteiger partial charge in [-0.3, -0.25) is 4.79 Å². The van der Waals surface area contributed by atoms with Crippen LogP contribution in [0, 0.1) is 0 Å². The standard InChI is InChI=1S/C18H20N2O6/c1-24-6-3-7-26-15-8-11-4-5-20-10-12(18(22)23)14(21)9-13(20)16(11)19-17(15)25-2/h8-10H,3-7H2,1-2H3,(H,22,23). The van der Waals surface area contributed by atoms with Crippen LogP contribution in [0.5, 0.6) is 11.6 Å². The van der Waals surface area contributed by atoms with Gasteiger partial charge in [0.1, 0.15) is 5.56 Å². The molecule has 1 N–H and O–H groups in total. The average Bonchev–Trinajstić information content (AvgIpc) is 2.63. The number of carbonyl (C=O) groups is 1. The molecule has 2 aromatic heterocycles. The number of nitrogens with zero attached hydrogens (tertiary/aromatic N) is 2. The van der Waals surface area contributed by atoms with Crippen LogP contribution in [0.1, 0.15) is 22.3 Å². The zero-order valence-electron chi connectivity index (χ0n) is 14.7. The Labute approximate surface area is 150 Å². The number of pyridine rings is 2. The van der Waals surface area contributed by atoms with E-state index in [9.17, 15) is 9.59 Å². The predicted molar refractivity (Wildman–Crippen MR) is 93.1 cm³/mol. The van der Waals surface area contributed by atoms with Crippen molar-refractivity contribution in [3.05, 3.63) is 39.7 Å². The lowest BCUT2D eigenvalue weighted by Crippen LogP contribution is -2.22. The summed E-state index contributed by atoms with van der Waals surface area (Å²) in [5.74, 6) is -0.369. The third-order valence-corrected chi connectivity index (χ3v) is 4.20. The van der Waals surface area contributed by atoms with E-state index >= 15 is 0 Å². The van der Waals surface area contributed by atoms with E-state index in [1.807, 2.05) is 6.07 Å². The van der Waals surface area contributed by atoms with Gasteiger partial charge in [0.25, 0.3) is 5.88 Å². The van der Waals surface area contributed by atoms with Gasteiger partial charge in [0.15, 0.2) is 11.2 Å². The molecule has 3 heterocycles. The first kappa shape index (κ1) is 17.9. The minimum Gasteiger partial charge on any atom is -0.488 e. The maximum Gasteiger partial charge on any atom is 0.341 e. The van der Waals surface area contributed by atoms with Gasteiger partial charge in [-0.2, -0.15) is 0 Å². The average molecular weight is 360 g/mol. The Morgan fingerprint density at radius 1 is 1.31 bits per heavy atom. The van der Waals surface area contributed by atoms with Gasteiger partial charge in [-0.05, 0) is 18.1 Å². The summed E-state index contributed by atoms with van der Waals surface area (Å²) in [7, 11) is 3.14. The number of aromatic nitrogens is 2. The summed E-state index contributed by atoms with van der Waals surface area (Å²) < 4.78 is 17.8. The van der Waals surface area contributed by atoms with Crippen LogP contribution in [0.4, 0.5) is 0 Å². The van der Waals surface area contributed by atoms with Crippen LogP contribution >= 0.6 is 0 Å². The smallest absolute Gasteiger partial charge is 0.341 e. The molecule has 0 saturated carbocycles. The molecule has 1 aliphatic heterocycles. The van der Waals surface area contributed by atoms with Crippen LogP contribution in [0.3, 0.4) is 0 Å². The van der Waals surface area contributed by atoms with Gasteiger partial charge in [0.05, 0.1) is 25.1 Å². The van der Waals surface area contributed by atoms with E-state index in [0.717, 1.165) is 12.0 Å². The molecule has 0 atom stereocenters. The van der Waals surface area contributed by atoms with Gasteiger partial charge in [-0.1, -0.05) is 0 Å². The van der Waals surface area contributed by atoms with Crippen molar-refractivity contribution in [2.75, 3.05) is 27.4 Å². The molecule has 0 spiro atoms. The zero-order valence-corrected chi connectivity index (χ0v) is 14.7. The Hall–Kier alpha value is -2.87. The van der Waals surface area contributed by atoms with E-state index in [2.05, 4.69) is 4.98 Å². The molecule has 138 valence electrons. The second-order valence-corrected chi connectivity index (χ2v) is 5.88. The van der Waals surface area contributed by atoms with Crippen LogP contribution in [0.25, 0.3) is 11.4 Å². The molecule has 0 aliphatic carbocycles. The highest BCUT2D eigenvalue weighted by Gasteiger charge is 2.23. The third-order valence-electron chi connectivity index (χ3n) is 4.20. The van der Waals surface area contributed by atoms with Crippen molar-refractivity contribution in [3.8, 4) is 23.0 Å². The topological polar surface area (TPSA) is 99.9 Å². The fourth-order valence-corrected chi connectivity index (χ4v) is 2.93. The molecule has 0 fully saturated rings. The van der Waals surface area contributed by atoms with E-state index in [1.54, 1.807) is 11.7 Å². The first-order valence-electron chi connectivity index (χ1n) is 8.23. The molecular weight excluding hydrogens is 340 g/mol. The lowest BCUT2D eigenvalue weighted by molar-refractivity contribution is 0.0694. The van der Waals surface area contributed by atoms with Crippen LogP contribution in [0.15, 0.2) is 23.1 Å². The number of hydrogen-bond acceptors (Lipinski definition) is 6. The Balaban J connectivity index is 1.99. The quantitative estimate of drug-likeness (QED) is 0.748. The monoisotopic (exact) mass is 360 g/mol. The molecule has 0 radical (unpaired) electrons. The highest BCUT2D eigenvalue weighted by molar-refractivity contribution is 5.87. The summed E-state index contributed by atoms with van der Waals surface area (Å²) in [5, 5.41) is 9.13. The second-order valence-electron chi connectivity index (χ2n) is 5.88. The number of ether oxygens (including phenoxy) is 3. The van der Waals surface area contributed by atoms with Crippen molar-refractivity contribution in [2.45, 2.75) is 19.4 Å². The van der Waals surface area contributed by atoms with Crippen LogP contribution in [0.2, 0.25) is 0 Å². The highest BCUT2D eigenvalue weighted by Crippen LogP contribution is 2.35. The van der Waals surface area contributed by atoms with Crippen molar-refractivity contribution in [3.63, 3.8) is 0 Å². The second kappa shape index (κ2) is 7.57. The number of rotatable bonds is 7. The van der Waals surface area contributed by atoms with Gasteiger partial charge in [-0.15, -0.1) is 0 Å². The Morgan fingerprint density at radius 3 is 2.81 bits per heavy atom. The number of hydrogen-bond donors (Lipinski definition) is 1. The minimum atomic E-state index is -1.23. The first-order valence-corrected chi connectivity index (χ1v) is 8.23. The van der Waals surface area contributed by atoms with E-state index in [4.69, 9.17) is 19.3 Å². The fourth-order valence-electron chi connectivity index (χ4n) is 2.93. The molecule has 26 heavy (non-hydrogen) atoms. The molecule has 0 amide bonds. The number of aryl methyl sites for hydroxylation is 2. The molecule has 2 aromatic rings. The number of carboxylic acid groups (broad SMARTS) is 1. The molecular formula is C18H20N2O6. The van der Waals surface area contributed by atoms with Gasteiger partial charge in [0.2, 0.25) is 0 Å². The fraction of sp³-hybridized carbons (Fsp3) is 0.389. The summed E-state index contributed by atoms with van der Waals surface area (Å²) in [6, 6.07) is 3.18. The molecule has 3 rings (SSSR count). The number of aromatic carboxylic acids is 1. The van der Waals surface area contributed by atoms with E-state index in [1.165, 1.54) is 19.4 Å². The number of fused-ring (bicyclic) bond motifs is 3. The predicted octanol–water partition coefficient (Wildman–Crippen LogP) is 1.59. The summed E-state index contributed by atoms with van der Waals surface area (Å²) in [6.07, 6.45) is 2.76. The zero-order chi connectivity index (χ0) is 18.7. The van der Waals surface area contributed by atoms with Crippen molar-refractivity contribution >= 4 is 5.97 Å². The largest absolute Gasteiger partial charge is 0.488 e. The van der Waals surface area contributed by atoms with E-state index < -0.39 is 11.4 Å². The lowest BCUT2D eigenvalue weighted by Gasteiger charge is -2.23. The molecule has 0 bridgehead atoms. The summed E-state index contributed by atoms with van der Waals surface area (Å²) in [6.45, 7) is 1.63. The third kappa shape index (κ3) is 3.41. The molecule has 0 unspecified atom stereocenters. The van der Waals surface area contributed by atoms with Crippen LogP contribution in [-0.4, -0.2) is 48.1 Å². The Morgan fingerprint density at radius 2 is 2.12 bits per heavy atom. The van der Waals surface area contributed by atoms with Crippen molar-refractivity contribution in [1.29, 1.82) is 0 Å². The van der Waals surface area contributed by atoms with Gasteiger partial charge < -0.3 is 23.9 Å². The molecule has 8 nitrogen and oxygen atoms in total. The summed E-state index contributed by atoms with van der Waals surface area (Å²) >= 11 is 0. The first-order chi connectivity index (χ1) is 12.5. The van der Waals surface area contributed by atoms with E-state index in [-0.39, 0.29) is 5.56 Å². The van der Waals surface area contributed by atoms with Crippen LogP contribution < -0.4 is 14.9 Å². The van der Waals surface area contributed by atoms with Gasteiger partial charge >= 0.3 is 5.97 Å². The number of methoxy groups -OCH3 is 2. The maximum atomic E-state index is 12.1. The molecule has 1 aliphatic rings. The maximum absolute atomic E-state index is 12.1. The highest BCUT2D eigenvalue weighted by atomic mass is 16.5. The lowest BCUT2D eigenvalue weighted by atomic mass is 10.0. The summed E-state index contributed by atoms with van der Waals surface area (Å²) in [4.78, 5) is 27.7. The van der Waals surface area contributed by atoms with Crippen molar-refractivity contribution in [2.24, 2.45) is 0 Å². The normalized spacial score (nSPS) is 12.2. The van der Waals surface area contributed by atoms with Gasteiger partial charge in [-0.25, -0.2) is 9.78 Å². The molecule has 8 heteroatoms. The Kier molecular flexibility index (Phi) is 5.22. The van der Waals surface area contributed by atoms with Crippen LogP contribution in [-0.2, 0) is 17.7 Å². The van der Waals surface area contributed by atoms with Crippen molar-refractivity contribution < 1.29 is 24.1 Å². The Bertz CT molecular complexity index is 890. The summed E-state index contributed by atoms with van der Waals surface area (Å²) in [5.41, 5.74) is 1.31. The van der Waals surface area contributed by atoms with Gasteiger partial charge in [0, 0.05) is 38.9 Å².